The zero-order chi connectivity index (χ0) is 19.5. The Balaban J connectivity index is 2.31. The van der Waals surface area contributed by atoms with Gasteiger partial charge >= 0.3 is 0 Å². The number of hydrazone groups is 1. The number of halogens is 2. The Bertz CT molecular complexity index is 960. The Hall–Kier alpha value is -1.96. The van der Waals surface area contributed by atoms with E-state index in [1.807, 2.05) is 13.8 Å². The van der Waals surface area contributed by atoms with Crippen molar-refractivity contribution in [2.75, 3.05) is 14.2 Å². The first-order chi connectivity index (χ1) is 12.2. The monoisotopic (exact) mass is 416 g/mol. The molecule has 0 aromatic heterocycles. The standard InChI is InChI=1S/C17H18Cl2N2O4S/c1-10-5-6-13(7-11(10)2)26(22,23)21-20-9-12-8-14(18)17(25-4)15(19)16(12)24-3/h5-9,21H,1-4H3/b20-9+. The van der Waals surface area contributed by atoms with Crippen LogP contribution in [-0.4, -0.2) is 28.9 Å². The van der Waals surface area contributed by atoms with Gasteiger partial charge < -0.3 is 9.47 Å². The van der Waals surface area contributed by atoms with Crippen molar-refractivity contribution >= 4 is 39.4 Å². The summed E-state index contributed by atoms with van der Waals surface area (Å²) < 4.78 is 35.0. The van der Waals surface area contributed by atoms with Gasteiger partial charge in [-0.25, -0.2) is 4.83 Å². The second-order valence-electron chi connectivity index (χ2n) is 5.43. The summed E-state index contributed by atoms with van der Waals surface area (Å²) in [6, 6.07) is 6.34. The van der Waals surface area contributed by atoms with Crippen molar-refractivity contribution < 1.29 is 17.9 Å². The normalized spacial score (nSPS) is 11.6. The highest BCUT2D eigenvalue weighted by atomic mass is 35.5. The van der Waals surface area contributed by atoms with Crippen LogP contribution in [0.15, 0.2) is 34.3 Å². The average Bonchev–Trinajstić information content (AvgIpc) is 2.57. The van der Waals surface area contributed by atoms with E-state index >= 15 is 0 Å². The molecule has 9 heteroatoms. The lowest BCUT2D eigenvalue weighted by molar-refractivity contribution is 0.394. The van der Waals surface area contributed by atoms with Crippen LogP contribution in [0.3, 0.4) is 0 Å². The molecule has 6 nitrogen and oxygen atoms in total. The molecule has 0 amide bonds. The third kappa shape index (κ3) is 4.23. The van der Waals surface area contributed by atoms with Crippen LogP contribution >= 0.6 is 23.2 Å². The van der Waals surface area contributed by atoms with E-state index in [-0.39, 0.29) is 26.4 Å². The van der Waals surface area contributed by atoms with Crippen molar-refractivity contribution in [1.29, 1.82) is 0 Å². The van der Waals surface area contributed by atoms with E-state index in [4.69, 9.17) is 32.7 Å². The van der Waals surface area contributed by atoms with E-state index in [0.29, 0.717) is 5.56 Å². The van der Waals surface area contributed by atoms with Gasteiger partial charge in [0.05, 0.1) is 30.4 Å². The third-order valence-corrected chi connectivity index (χ3v) is 5.58. The maximum atomic E-state index is 12.3. The van der Waals surface area contributed by atoms with Crippen molar-refractivity contribution in [2.24, 2.45) is 5.10 Å². The number of aryl methyl sites for hydroxylation is 2. The molecule has 0 aliphatic rings. The van der Waals surface area contributed by atoms with Crippen molar-refractivity contribution in [1.82, 2.24) is 4.83 Å². The first kappa shape index (κ1) is 20.4. The molecule has 26 heavy (non-hydrogen) atoms. The minimum absolute atomic E-state index is 0.121. The van der Waals surface area contributed by atoms with E-state index in [9.17, 15) is 8.42 Å². The molecular formula is C17H18Cl2N2O4S. The lowest BCUT2D eigenvalue weighted by atomic mass is 10.1. The largest absolute Gasteiger partial charge is 0.494 e. The summed E-state index contributed by atoms with van der Waals surface area (Å²) in [7, 11) is -0.951. The fourth-order valence-corrected chi connectivity index (χ4v) is 3.77. The maximum Gasteiger partial charge on any atom is 0.276 e. The van der Waals surface area contributed by atoms with Crippen LogP contribution in [-0.2, 0) is 10.0 Å². The lowest BCUT2D eigenvalue weighted by Gasteiger charge is -2.12. The summed E-state index contributed by atoms with van der Waals surface area (Å²) in [5.74, 6) is 0.528. The molecule has 0 bridgehead atoms. The molecule has 0 fully saturated rings. The molecule has 1 N–H and O–H groups in total. The summed E-state index contributed by atoms with van der Waals surface area (Å²) in [6.45, 7) is 3.74. The average molecular weight is 417 g/mol. The predicted octanol–water partition coefficient (Wildman–Crippen LogP) is 3.94. The zero-order valence-corrected chi connectivity index (χ0v) is 17.0. The number of hydrogen-bond donors (Lipinski definition) is 1. The quantitative estimate of drug-likeness (QED) is 0.571. The molecule has 0 saturated carbocycles. The van der Waals surface area contributed by atoms with Crippen LogP contribution in [0.1, 0.15) is 16.7 Å². The van der Waals surface area contributed by atoms with E-state index < -0.39 is 10.0 Å². The Labute approximate surface area is 162 Å². The summed E-state index contributed by atoms with van der Waals surface area (Å²) in [5.41, 5.74) is 2.26. The number of benzene rings is 2. The van der Waals surface area contributed by atoms with Gasteiger partial charge in [-0.15, -0.1) is 0 Å². The fraction of sp³-hybridized carbons (Fsp3) is 0.235. The van der Waals surface area contributed by atoms with Crippen molar-refractivity contribution in [2.45, 2.75) is 18.7 Å². The molecule has 0 spiro atoms. The number of nitrogens with zero attached hydrogens (tertiary/aromatic N) is 1. The van der Waals surface area contributed by atoms with Crippen LogP contribution in [0.4, 0.5) is 0 Å². The summed E-state index contributed by atoms with van der Waals surface area (Å²) in [6.07, 6.45) is 1.26. The highest BCUT2D eigenvalue weighted by Gasteiger charge is 2.17. The Morgan fingerprint density at radius 2 is 1.69 bits per heavy atom. The molecule has 0 aliphatic heterocycles. The van der Waals surface area contributed by atoms with Crippen molar-refractivity contribution in [3.05, 3.63) is 51.0 Å². The van der Waals surface area contributed by atoms with E-state index in [1.165, 1.54) is 32.6 Å². The molecule has 140 valence electrons. The second kappa shape index (κ2) is 8.16. The molecule has 0 atom stereocenters. The number of nitrogens with one attached hydrogen (secondary N) is 1. The predicted molar refractivity (Wildman–Crippen MR) is 103 cm³/mol. The van der Waals surface area contributed by atoms with Crippen molar-refractivity contribution in [3.63, 3.8) is 0 Å². The van der Waals surface area contributed by atoms with E-state index in [2.05, 4.69) is 9.93 Å². The van der Waals surface area contributed by atoms with Crippen LogP contribution < -0.4 is 14.3 Å². The SMILES string of the molecule is COc1c(Cl)cc(/C=N/NS(=O)(=O)c2ccc(C)c(C)c2)c(OC)c1Cl. The first-order valence-electron chi connectivity index (χ1n) is 7.43. The molecule has 2 aromatic rings. The van der Waals surface area contributed by atoms with Gasteiger partial charge in [-0.2, -0.15) is 13.5 Å². The van der Waals surface area contributed by atoms with Gasteiger partial charge in [0.15, 0.2) is 5.75 Å². The van der Waals surface area contributed by atoms with E-state index in [0.717, 1.165) is 11.1 Å². The summed E-state index contributed by atoms with van der Waals surface area (Å²) in [5, 5.41) is 4.20. The van der Waals surface area contributed by atoms with Gasteiger partial charge in [-0.05, 0) is 43.2 Å². The van der Waals surface area contributed by atoms with Crippen LogP contribution in [0.5, 0.6) is 11.5 Å². The smallest absolute Gasteiger partial charge is 0.276 e. The number of ether oxygens (including phenoxy) is 2. The molecule has 0 unspecified atom stereocenters. The van der Waals surface area contributed by atoms with Crippen LogP contribution in [0, 0.1) is 13.8 Å². The fourth-order valence-electron chi connectivity index (χ4n) is 2.19. The van der Waals surface area contributed by atoms with Gasteiger partial charge in [0.1, 0.15) is 10.8 Å². The minimum Gasteiger partial charge on any atom is -0.494 e. The number of sulfonamides is 1. The highest BCUT2D eigenvalue weighted by molar-refractivity contribution is 7.89. The van der Waals surface area contributed by atoms with Gasteiger partial charge in [0.25, 0.3) is 10.0 Å². The summed E-state index contributed by atoms with van der Waals surface area (Å²) >= 11 is 12.3. The number of hydrogen-bond acceptors (Lipinski definition) is 5. The first-order valence-corrected chi connectivity index (χ1v) is 9.67. The Kier molecular flexibility index (Phi) is 6.39. The Morgan fingerprint density at radius 1 is 1.04 bits per heavy atom. The Morgan fingerprint density at radius 3 is 2.27 bits per heavy atom. The zero-order valence-electron chi connectivity index (χ0n) is 14.6. The molecule has 0 radical (unpaired) electrons. The molecule has 2 rings (SSSR count). The van der Waals surface area contributed by atoms with Crippen molar-refractivity contribution in [3.8, 4) is 11.5 Å². The number of methoxy groups -OCH3 is 2. The van der Waals surface area contributed by atoms with Crippen LogP contribution in [0.25, 0.3) is 0 Å². The highest BCUT2D eigenvalue weighted by Crippen LogP contribution is 2.41. The van der Waals surface area contributed by atoms with Crippen LogP contribution in [0.2, 0.25) is 10.0 Å². The second-order valence-corrected chi connectivity index (χ2v) is 7.87. The maximum absolute atomic E-state index is 12.3. The van der Waals surface area contributed by atoms with E-state index in [1.54, 1.807) is 12.1 Å². The van der Waals surface area contributed by atoms with Gasteiger partial charge in [-0.1, -0.05) is 29.3 Å². The van der Waals surface area contributed by atoms with Gasteiger partial charge in [0.2, 0.25) is 0 Å². The van der Waals surface area contributed by atoms with Gasteiger partial charge in [-0.3, -0.25) is 0 Å². The molecule has 0 heterocycles. The van der Waals surface area contributed by atoms with Gasteiger partial charge in [0, 0.05) is 5.56 Å². The number of rotatable bonds is 6. The topological polar surface area (TPSA) is 77.0 Å². The third-order valence-electron chi connectivity index (χ3n) is 3.73. The molecular weight excluding hydrogens is 399 g/mol. The lowest BCUT2D eigenvalue weighted by Crippen LogP contribution is -2.18. The summed E-state index contributed by atoms with van der Waals surface area (Å²) in [4.78, 5) is 2.28. The molecule has 0 aliphatic carbocycles. The minimum atomic E-state index is -3.80. The molecule has 0 saturated heterocycles. The molecule has 2 aromatic carbocycles.